The molecule has 0 saturated carbocycles. The highest BCUT2D eigenvalue weighted by atomic mass is 32.2. The molecule has 2 rings (SSSR count). The maximum Gasteiger partial charge on any atom is 0.215 e. The van der Waals surface area contributed by atoms with Crippen molar-refractivity contribution >= 4 is 26.5 Å². The minimum Gasteiger partial charge on any atom is -0.375 e. The van der Waals surface area contributed by atoms with E-state index in [0.717, 1.165) is 18.0 Å². The van der Waals surface area contributed by atoms with E-state index in [1.165, 1.54) is 11.3 Å². The number of hydrogen-bond donors (Lipinski definition) is 2. The lowest BCUT2D eigenvalue weighted by Crippen LogP contribution is -2.36. The molecule has 1 atom stereocenters. The molecular formula is C10H18N4O2S2. The molecule has 0 radical (unpaired) electrons. The summed E-state index contributed by atoms with van der Waals surface area (Å²) >= 11 is 1.45. The van der Waals surface area contributed by atoms with E-state index in [0.29, 0.717) is 24.6 Å². The van der Waals surface area contributed by atoms with Crippen LogP contribution in [-0.4, -0.2) is 43.2 Å². The third kappa shape index (κ3) is 3.19. The predicted octanol–water partition coefficient (Wildman–Crippen LogP) is 0.239. The topological polar surface area (TPSA) is 88.3 Å². The summed E-state index contributed by atoms with van der Waals surface area (Å²) in [6.07, 6.45) is 2.44. The molecule has 0 aliphatic carbocycles. The Kier molecular flexibility index (Phi) is 4.21. The molecule has 1 aliphatic rings. The molecule has 1 saturated heterocycles. The standard InChI is InChI=1S/C10H18N4O2S2/c1-2-13-18(15,16)9-3-4-14(7-9)6-8-5-12-10(11)17-8/h5,9,13H,2-4,6-7H2,1H3,(H2,11,12). The van der Waals surface area contributed by atoms with Crippen LogP contribution >= 0.6 is 11.3 Å². The quantitative estimate of drug-likeness (QED) is 0.811. The lowest BCUT2D eigenvalue weighted by atomic mass is 10.4. The van der Waals surface area contributed by atoms with Gasteiger partial charge in [-0.25, -0.2) is 18.1 Å². The minimum atomic E-state index is -3.16. The van der Waals surface area contributed by atoms with Crippen molar-refractivity contribution < 1.29 is 8.42 Å². The van der Waals surface area contributed by atoms with Crippen molar-refractivity contribution in [2.24, 2.45) is 0 Å². The highest BCUT2D eigenvalue weighted by Crippen LogP contribution is 2.21. The van der Waals surface area contributed by atoms with Crippen LogP contribution in [0.25, 0.3) is 0 Å². The van der Waals surface area contributed by atoms with E-state index >= 15 is 0 Å². The molecule has 1 fully saturated rings. The van der Waals surface area contributed by atoms with Crippen LogP contribution in [-0.2, 0) is 16.6 Å². The van der Waals surface area contributed by atoms with Crippen molar-refractivity contribution in [3.63, 3.8) is 0 Å². The number of nitrogens with two attached hydrogens (primary N) is 1. The molecular weight excluding hydrogens is 272 g/mol. The van der Waals surface area contributed by atoms with Crippen molar-refractivity contribution in [1.29, 1.82) is 0 Å². The first-order chi connectivity index (χ1) is 8.51. The SMILES string of the molecule is CCNS(=O)(=O)C1CCN(Cc2cnc(N)s2)C1. The van der Waals surface area contributed by atoms with Crippen LogP contribution in [0.2, 0.25) is 0 Å². The van der Waals surface area contributed by atoms with Crippen LogP contribution in [0.15, 0.2) is 6.20 Å². The molecule has 0 amide bonds. The van der Waals surface area contributed by atoms with Crippen molar-refractivity contribution in [3.8, 4) is 0 Å². The second kappa shape index (κ2) is 5.52. The summed E-state index contributed by atoms with van der Waals surface area (Å²) in [6.45, 7) is 4.35. The van der Waals surface area contributed by atoms with Gasteiger partial charge in [0.15, 0.2) is 5.13 Å². The summed E-state index contributed by atoms with van der Waals surface area (Å²) in [7, 11) is -3.16. The first kappa shape index (κ1) is 13.7. The van der Waals surface area contributed by atoms with E-state index in [1.54, 1.807) is 13.1 Å². The zero-order chi connectivity index (χ0) is 13.2. The van der Waals surface area contributed by atoms with Gasteiger partial charge in [-0.15, -0.1) is 11.3 Å². The number of nitrogen functional groups attached to an aromatic ring is 1. The van der Waals surface area contributed by atoms with Gasteiger partial charge in [0.1, 0.15) is 0 Å². The Hall–Kier alpha value is -0.700. The summed E-state index contributed by atoms with van der Waals surface area (Å²) in [5.74, 6) is 0. The lowest BCUT2D eigenvalue weighted by Gasteiger charge is -2.15. The number of anilines is 1. The Morgan fingerprint density at radius 3 is 3.06 bits per heavy atom. The number of nitrogens with zero attached hydrogens (tertiary/aromatic N) is 2. The fourth-order valence-corrected chi connectivity index (χ4v) is 4.32. The first-order valence-corrected chi connectivity index (χ1v) is 8.28. The van der Waals surface area contributed by atoms with Gasteiger partial charge in [0, 0.05) is 30.7 Å². The smallest absolute Gasteiger partial charge is 0.215 e. The van der Waals surface area contributed by atoms with E-state index in [1.807, 2.05) is 0 Å². The number of likely N-dealkylation sites (tertiary alicyclic amines) is 1. The first-order valence-electron chi connectivity index (χ1n) is 5.92. The number of hydrogen-bond acceptors (Lipinski definition) is 6. The number of nitrogens with one attached hydrogen (secondary N) is 1. The van der Waals surface area contributed by atoms with Gasteiger partial charge in [-0.3, -0.25) is 4.90 Å². The fraction of sp³-hybridized carbons (Fsp3) is 0.700. The molecule has 1 aromatic rings. The maximum atomic E-state index is 11.9. The molecule has 1 aromatic heterocycles. The van der Waals surface area contributed by atoms with E-state index in [9.17, 15) is 8.42 Å². The van der Waals surface area contributed by atoms with Gasteiger partial charge < -0.3 is 5.73 Å². The highest BCUT2D eigenvalue weighted by molar-refractivity contribution is 7.90. The van der Waals surface area contributed by atoms with Gasteiger partial charge in [-0.05, 0) is 13.0 Å². The predicted molar refractivity (Wildman–Crippen MR) is 72.8 cm³/mol. The molecule has 18 heavy (non-hydrogen) atoms. The Balaban J connectivity index is 1.92. The average molecular weight is 290 g/mol. The van der Waals surface area contributed by atoms with Gasteiger partial charge in [0.25, 0.3) is 0 Å². The second-order valence-electron chi connectivity index (χ2n) is 4.35. The van der Waals surface area contributed by atoms with Gasteiger partial charge in [-0.1, -0.05) is 6.92 Å². The van der Waals surface area contributed by atoms with Crippen LogP contribution in [0.1, 0.15) is 18.2 Å². The van der Waals surface area contributed by atoms with Crippen molar-refractivity contribution in [1.82, 2.24) is 14.6 Å². The lowest BCUT2D eigenvalue weighted by molar-refractivity contribution is 0.334. The molecule has 0 bridgehead atoms. The molecule has 1 unspecified atom stereocenters. The third-order valence-electron chi connectivity index (χ3n) is 2.96. The highest BCUT2D eigenvalue weighted by Gasteiger charge is 2.32. The number of rotatable bonds is 5. The molecule has 6 nitrogen and oxygen atoms in total. The van der Waals surface area contributed by atoms with Crippen LogP contribution in [0.5, 0.6) is 0 Å². The third-order valence-corrected chi connectivity index (χ3v) is 5.73. The van der Waals surface area contributed by atoms with Crippen molar-refractivity contribution in [3.05, 3.63) is 11.1 Å². The van der Waals surface area contributed by atoms with Crippen LogP contribution in [0, 0.1) is 0 Å². The zero-order valence-corrected chi connectivity index (χ0v) is 11.9. The van der Waals surface area contributed by atoms with Crippen LogP contribution in [0.4, 0.5) is 5.13 Å². The van der Waals surface area contributed by atoms with Gasteiger partial charge in [0.2, 0.25) is 10.0 Å². The van der Waals surface area contributed by atoms with Gasteiger partial charge in [-0.2, -0.15) is 0 Å². The van der Waals surface area contributed by atoms with E-state index in [2.05, 4.69) is 14.6 Å². The Morgan fingerprint density at radius 2 is 2.44 bits per heavy atom. The van der Waals surface area contributed by atoms with Crippen molar-refractivity contribution in [2.75, 3.05) is 25.4 Å². The largest absolute Gasteiger partial charge is 0.375 e. The summed E-state index contributed by atoms with van der Waals surface area (Å²) < 4.78 is 26.3. The zero-order valence-electron chi connectivity index (χ0n) is 10.3. The summed E-state index contributed by atoms with van der Waals surface area (Å²) in [4.78, 5) is 7.20. The van der Waals surface area contributed by atoms with Crippen molar-refractivity contribution in [2.45, 2.75) is 25.1 Å². The summed E-state index contributed by atoms with van der Waals surface area (Å²) in [6, 6.07) is 0. The van der Waals surface area contributed by atoms with E-state index in [-0.39, 0.29) is 5.25 Å². The summed E-state index contributed by atoms with van der Waals surface area (Å²) in [5, 5.41) is 0.253. The van der Waals surface area contributed by atoms with Gasteiger partial charge >= 0.3 is 0 Å². The fourth-order valence-electron chi connectivity index (χ4n) is 2.13. The Morgan fingerprint density at radius 1 is 1.67 bits per heavy atom. The number of sulfonamides is 1. The summed E-state index contributed by atoms with van der Waals surface area (Å²) in [5.41, 5.74) is 5.57. The maximum absolute atomic E-state index is 11.9. The van der Waals surface area contributed by atoms with E-state index < -0.39 is 10.0 Å². The number of thiazole rings is 1. The second-order valence-corrected chi connectivity index (χ2v) is 7.55. The molecule has 0 aromatic carbocycles. The molecule has 0 spiro atoms. The molecule has 3 N–H and O–H groups in total. The van der Waals surface area contributed by atoms with Gasteiger partial charge in [0.05, 0.1) is 5.25 Å². The Labute approximate surface area is 111 Å². The normalized spacial score (nSPS) is 21.5. The number of aromatic nitrogens is 1. The molecule has 2 heterocycles. The molecule has 102 valence electrons. The Bertz CT molecular complexity index is 500. The minimum absolute atomic E-state index is 0.303. The molecule has 8 heteroatoms. The van der Waals surface area contributed by atoms with Crippen LogP contribution in [0.3, 0.4) is 0 Å². The monoisotopic (exact) mass is 290 g/mol. The van der Waals surface area contributed by atoms with Crippen LogP contribution < -0.4 is 10.5 Å². The average Bonchev–Trinajstić information content (AvgIpc) is 2.89. The van der Waals surface area contributed by atoms with E-state index in [4.69, 9.17) is 5.73 Å². The molecule has 1 aliphatic heterocycles.